The van der Waals surface area contributed by atoms with Crippen LogP contribution in [0.5, 0.6) is 11.5 Å². The summed E-state index contributed by atoms with van der Waals surface area (Å²) in [6, 6.07) is 24.6. The first-order chi connectivity index (χ1) is 15.4. The summed E-state index contributed by atoms with van der Waals surface area (Å²) < 4.78 is 5.76. The van der Waals surface area contributed by atoms with Crippen LogP contribution in [0.25, 0.3) is 0 Å². The number of ether oxygens (including phenoxy) is 1. The quantitative estimate of drug-likeness (QED) is 0.402. The van der Waals surface area contributed by atoms with E-state index in [1.165, 1.54) is 5.56 Å². The van der Waals surface area contributed by atoms with Crippen LogP contribution < -0.4 is 15.4 Å². The van der Waals surface area contributed by atoms with Crippen LogP contribution in [0.3, 0.4) is 0 Å². The van der Waals surface area contributed by atoms with Gasteiger partial charge in [-0.2, -0.15) is 0 Å². The van der Waals surface area contributed by atoms with Crippen molar-refractivity contribution in [2.45, 2.75) is 39.5 Å². The van der Waals surface area contributed by atoms with Crippen molar-refractivity contribution in [2.75, 3.05) is 10.6 Å². The molecule has 3 rings (SSSR count). The van der Waals surface area contributed by atoms with Crippen LogP contribution in [0, 0.1) is 5.92 Å². The van der Waals surface area contributed by atoms with E-state index in [9.17, 15) is 9.59 Å². The minimum Gasteiger partial charge on any atom is -0.457 e. The zero-order valence-electron chi connectivity index (χ0n) is 18.8. The third kappa shape index (κ3) is 7.27. The molecule has 5 heteroatoms. The molecular formula is C27H30N2O3. The van der Waals surface area contributed by atoms with Gasteiger partial charge < -0.3 is 15.4 Å². The van der Waals surface area contributed by atoms with E-state index in [2.05, 4.69) is 24.5 Å². The lowest BCUT2D eigenvalue weighted by Crippen LogP contribution is -2.20. The van der Waals surface area contributed by atoms with Gasteiger partial charge in [-0.1, -0.05) is 51.1 Å². The second-order valence-corrected chi connectivity index (χ2v) is 8.33. The predicted molar refractivity (Wildman–Crippen MR) is 129 cm³/mol. The molecule has 0 unspecified atom stereocenters. The van der Waals surface area contributed by atoms with Gasteiger partial charge in [0.05, 0.1) is 0 Å². The molecule has 32 heavy (non-hydrogen) atoms. The summed E-state index contributed by atoms with van der Waals surface area (Å²) in [5.74, 6) is 1.61. The van der Waals surface area contributed by atoms with Gasteiger partial charge in [0.1, 0.15) is 11.5 Å². The molecule has 0 fully saturated rings. The largest absolute Gasteiger partial charge is 0.457 e. The predicted octanol–water partition coefficient (Wildman–Crippen LogP) is 6.60. The number of para-hydroxylation sites is 1. The molecule has 0 aromatic heterocycles. The fourth-order valence-corrected chi connectivity index (χ4v) is 3.31. The lowest BCUT2D eigenvalue weighted by Gasteiger charge is -2.13. The second-order valence-electron chi connectivity index (χ2n) is 8.33. The molecule has 2 amide bonds. The van der Waals surface area contributed by atoms with Crippen LogP contribution >= 0.6 is 0 Å². The number of amides is 2. The molecule has 1 atom stereocenters. The Hall–Kier alpha value is -3.60. The minimum absolute atomic E-state index is 0.0781. The van der Waals surface area contributed by atoms with Gasteiger partial charge in [0.2, 0.25) is 11.8 Å². The molecule has 2 N–H and O–H groups in total. The molecule has 0 aliphatic rings. The first kappa shape index (κ1) is 23.1. The Labute approximate surface area is 189 Å². The van der Waals surface area contributed by atoms with Gasteiger partial charge in [0.25, 0.3) is 0 Å². The summed E-state index contributed by atoms with van der Waals surface area (Å²) in [7, 11) is 0. The van der Waals surface area contributed by atoms with Crippen LogP contribution in [0.1, 0.15) is 45.1 Å². The highest BCUT2D eigenvalue weighted by Crippen LogP contribution is 2.23. The van der Waals surface area contributed by atoms with Crippen LogP contribution in [-0.2, 0) is 9.59 Å². The van der Waals surface area contributed by atoms with Gasteiger partial charge in [0.15, 0.2) is 0 Å². The second kappa shape index (κ2) is 11.1. The standard InChI is InChI=1S/C27H30N2O3/c1-19(2)21-9-11-22(12-10-21)28-26(30)17-20(3)18-27(31)29-23-13-15-25(16-14-23)32-24-7-5-4-6-8-24/h4-16,19-20H,17-18H2,1-3H3,(H,28,30)(H,29,31)/t20-/m1/s1. The Morgan fingerprint density at radius 2 is 1.16 bits per heavy atom. The van der Waals surface area contributed by atoms with E-state index in [0.717, 1.165) is 11.4 Å². The van der Waals surface area contributed by atoms with Crippen molar-refractivity contribution < 1.29 is 14.3 Å². The summed E-state index contributed by atoms with van der Waals surface area (Å²) in [4.78, 5) is 24.7. The number of anilines is 2. The zero-order chi connectivity index (χ0) is 22.9. The molecule has 0 aliphatic heterocycles. The maximum absolute atomic E-state index is 12.4. The Bertz CT molecular complexity index is 1010. The lowest BCUT2D eigenvalue weighted by atomic mass is 10.0. The third-order valence-corrected chi connectivity index (χ3v) is 5.05. The topological polar surface area (TPSA) is 67.4 Å². The smallest absolute Gasteiger partial charge is 0.224 e. The first-order valence-corrected chi connectivity index (χ1v) is 10.9. The minimum atomic E-state index is -0.122. The normalized spacial score (nSPS) is 11.6. The van der Waals surface area contributed by atoms with Gasteiger partial charge >= 0.3 is 0 Å². The highest BCUT2D eigenvalue weighted by molar-refractivity contribution is 5.93. The number of hydrogen-bond acceptors (Lipinski definition) is 3. The lowest BCUT2D eigenvalue weighted by molar-refractivity contribution is -0.118. The summed E-state index contributed by atoms with van der Waals surface area (Å²) in [6.45, 7) is 6.16. The Balaban J connectivity index is 1.43. The van der Waals surface area contributed by atoms with Gasteiger partial charge in [-0.15, -0.1) is 0 Å². The van der Waals surface area contributed by atoms with Crippen LogP contribution in [0.2, 0.25) is 0 Å². The van der Waals surface area contributed by atoms with Crippen molar-refractivity contribution in [1.82, 2.24) is 0 Å². The van der Waals surface area contributed by atoms with E-state index in [4.69, 9.17) is 4.74 Å². The van der Waals surface area contributed by atoms with Crippen LogP contribution in [0.4, 0.5) is 11.4 Å². The van der Waals surface area contributed by atoms with Gasteiger partial charge in [0, 0.05) is 24.2 Å². The van der Waals surface area contributed by atoms with E-state index in [1.807, 2.05) is 73.7 Å². The van der Waals surface area contributed by atoms with E-state index < -0.39 is 0 Å². The number of carbonyl (C=O) groups is 2. The van der Waals surface area contributed by atoms with Crippen LogP contribution in [0.15, 0.2) is 78.9 Å². The van der Waals surface area contributed by atoms with Crippen molar-refractivity contribution in [1.29, 1.82) is 0 Å². The molecule has 0 saturated heterocycles. The summed E-state index contributed by atoms with van der Waals surface area (Å²) in [5.41, 5.74) is 2.69. The average Bonchev–Trinajstić information content (AvgIpc) is 2.76. The Kier molecular flexibility index (Phi) is 8.03. The summed E-state index contributed by atoms with van der Waals surface area (Å²) in [5, 5.41) is 5.78. The summed E-state index contributed by atoms with van der Waals surface area (Å²) in [6.07, 6.45) is 0.547. The molecule has 3 aromatic rings. The number of benzene rings is 3. The van der Waals surface area contributed by atoms with E-state index in [1.54, 1.807) is 12.1 Å². The van der Waals surface area contributed by atoms with E-state index in [0.29, 0.717) is 17.4 Å². The van der Waals surface area contributed by atoms with Crippen molar-refractivity contribution >= 4 is 23.2 Å². The van der Waals surface area contributed by atoms with E-state index >= 15 is 0 Å². The summed E-state index contributed by atoms with van der Waals surface area (Å²) >= 11 is 0. The van der Waals surface area contributed by atoms with Crippen molar-refractivity contribution in [3.63, 3.8) is 0 Å². The van der Waals surface area contributed by atoms with E-state index in [-0.39, 0.29) is 30.6 Å². The van der Waals surface area contributed by atoms with Gasteiger partial charge in [-0.05, 0) is 65.9 Å². The fraction of sp³-hybridized carbons (Fsp3) is 0.259. The third-order valence-electron chi connectivity index (χ3n) is 5.05. The van der Waals surface area contributed by atoms with Crippen LogP contribution in [-0.4, -0.2) is 11.8 Å². The Morgan fingerprint density at radius 1 is 0.688 bits per heavy atom. The molecular weight excluding hydrogens is 400 g/mol. The number of nitrogens with one attached hydrogen (secondary N) is 2. The maximum atomic E-state index is 12.4. The number of carbonyl (C=O) groups excluding carboxylic acids is 2. The molecule has 0 radical (unpaired) electrons. The average molecular weight is 431 g/mol. The monoisotopic (exact) mass is 430 g/mol. The number of hydrogen-bond donors (Lipinski definition) is 2. The van der Waals surface area contributed by atoms with Crippen molar-refractivity contribution in [2.24, 2.45) is 5.92 Å². The molecule has 5 nitrogen and oxygen atoms in total. The zero-order valence-corrected chi connectivity index (χ0v) is 18.8. The van der Waals surface area contributed by atoms with Gasteiger partial charge in [-0.25, -0.2) is 0 Å². The molecule has 0 spiro atoms. The van der Waals surface area contributed by atoms with Crippen molar-refractivity contribution in [3.8, 4) is 11.5 Å². The highest BCUT2D eigenvalue weighted by atomic mass is 16.5. The molecule has 0 saturated carbocycles. The molecule has 0 heterocycles. The SMILES string of the molecule is CC(C)c1ccc(NC(=O)C[C@@H](C)CC(=O)Nc2ccc(Oc3ccccc3)cc2)cc1. The molecule has 166 valence electrons. The molecule has 0 bridgehead atoms. The number of rotatable bonds is 9. The molecule has 3 aromatic carbocycles. The highest BCUT2D eigenvalue weighted by Gasteiger charge is 2.14. The Morgan fingerprint density at radius 3 is 1.66 bits per heavy atom. The fourth-order valence-electron chi connectivity index (χ4n) is 3.31. The maximum Gasteiger partial charge on any atom is 0.224 e. The molecule has 0 aliphatic carbocycles. The van der Waals surface area contributed by atoms with Crippen molar-refractivity contribution in [3.05, 3.63) is 84.4 Å². The first-order valence-electron chi connectivity index (χ1n) is 10.9. The van der Waals surface area contributed by atoms with Gasteiger partial charge in [-0.3, -0.25) is 9.59 Å².